The monoisotopic (exact) mass is 255 g/mol. The van der Waals surface area contributed by atoms with E-state index in [4.69, 9.17) is 4.74 Å². The Bertz CT molecular complexity index is 329. The van der Waals surface area contributed by atoms with E-state index in [9.17, 15) is 14.4 Å². The molecule has 0 spiro atoms. The van der Waals surface area contributed by atoms with Crippen molar-refractivity contribution in [2.45, 2.75) is 45.3 Å². The number of rotatable bonds is 3. The molecule has 101 valence electrons. The number of hydrogen-bond donors (Lipinski definition) is 1. The van der Waals surface area contributed by atoms with Gasteiger partial charge < -0.3 is 10.1 Å². The molecule has 1 N–H and O–H groups in total. The molecule has 0 aliphatic carbocycles. The molecule has 0 unspecified atom stereocenters. The summed E-state index contributed by atoms with van der Waals surface area (Å²) in [7, 11) is 0. The molecule has 1 aliphatic heterocycles. The van der Waals surface area contributed by atoms with Gasteiger partial charge in [-0.1, -0.05) is 0 Å². The van der Waals surface area contributed by atoms with E-state index >= 15 is 0 Å². The Morgan fingerprint density at radius 2 is 2.11 bits per heavy atom. The van der Waals surface area contributed by atoms with Crippen molar-refractivity contribution in [3.63, 3.8) is 0 Å². The third-order valence-corrected chi connectivity index (χ3v) is 2.46. The van der Waals surface area contributed by atoms with Crippen LogP contribution in [0.3, 0.4) is 0 Å². The van der Waals surface area contributed by atoms with Crippen LogP contribution in [0.4, 0.5) is 4.79 Å². The highest BCUT2D eigenvalue weighted by Gasteiger charge is 2.33. The van der Waals surface area contributed by atoms with Crippen LogP contribution in [-0.4, -0.2) is 47.9 Å². The highest BCUT2D eigenvalue weighted by Crippen LogP contribution is 2.13. The van der Waals surface area contributed by atoms with E-state index < -0.39 is 30.2 Å². The Labute approximate surface area is 107 Å². The highest BCUT2D eigenvalue weighted by atomic mass is 16.6. The maximum absolute atomic E-state index is 12.0. The number of imide groups is 1. The molecule has 18 heavy (non-hydrogen) atoms. The minimum Gasteiger partial charge on any atom is -0.443 e. The van der Waals surface area contributed by atoms with Crippen molar-refractivity contribution < 1.29 is 19.1 Å². The second kappa shape index (κ2) is 5.95. The molecule has 1 radical (unpaired) electrons. The highest BCUT2D eigenvalue weighted by molar-refractivity contribution is 5.96. The average Bonchev–Trinajstić information content (AvgIpc) is 2.75. The summed E-state index contributed by atoms with van der Waals surface area (Å²) >= 11 is 0. The zero-order chi connectivity index (χ0) is 13.8. The van der Waals surface area contributed by atoms with Crippen molar-refractivity contribution in [1.29, 1.82) is 0 Å². The van der Waals surface area contributed by atoms with Gasteiger partial charge in [-0.2, -0.15) is 0 Å². The number of carbonyl (C=O) groups excluding carboxylic acids is 3. The van der Waals surface area contributed by atoms with Gasteiger partial charge in [-0.3, -0.25) is 9.59 Å². The van der Waals surface area contributed by atoms with Crippen LogP contribution in [-0.2, 0) is 14.3 Å². The number of carbonyl (C=O) groups is 2. The molecular formula is C12H19N2O4. The summed E-state index contributed by atoms with van der Waals surface area (Å²) in [5.74, 6) is -0.426. The molecule has 1 rings (SSSR count). The fraction of sp³-hybridized carbons (Fsp3) is 0.750. The standard InChI is InChI=1S/C12H19N2O4/c1-12(2,3)18-11(17)14(7-8-15)10(16)9-5-4-6-13-9/h9,13H,4-7H2,1-3H3/t9-/m0/s1. The van der Waals surface area contributed by atoms with Crippen molar-refractivity contribution in [2.24, 2.45) is 0 Å². The van der Waals surface area contributed by atoms with E-state index in [1.165, 1.54) is 0 Å². The lowest BCUT2D eigenvalue weighted by Gasteiger charge is -2.26. The van der Waals surface area contributed by atoms with Crippen LogP contribution >= 0.6 is 0 Å². The van der Waals surface area contributed by atoms with Gasteiger partial charge in [-0.15, -0.1) is 0 Å². The van der Waals surface area contributed by atoms with Crippen molar-refractivity contribution >= 4 is 18.3 Å². The quantitative estimate of drug-likeness (QED) is 0.799. The van der Waals surface area contributed by atoms with Gasteiger partial charge in [0.2, 0.25) is 12.2 Å². The van der Waals surface area contributed by atoms with Crippen LogP contribution in [0.1, 0.15) is 33.6 Å². The first-order valence-corrected chi connectivity index (χ1v) is 5.98. The lowest BCUT2D eigenvalue weighted by atomic mass is 10.2. The molecular weight excluding hydrogens is 236 g/mol. The van der Waals surface area contributed by atoms with Gasteiger partial charge >= 0.3 is 6.09 Å². The average molecular weight is 255 g/mol. The summed E-state index contributed by atoms with van der Waals surface area (Å²) in [5, 5.41) is 2.98. The number of ether oxygens (including phenoxy) is 1. The smallest absolute Gasteiger partial charge is 0.417 e. The minimum absolute atomic E-state index is 0.397. The Morgan fingerprint density at radius 3 is 2.56 bits per heavy atom. The van der Waals surface area contributed by atoms with Gasteiger partial charge in [-0.25, -0.2) is 9.69 Å². The molecule has 0 aromatic rings. The molecule has 1 heterocycles. The van der Waals surface area contributed by atoms with Crippen LogP contribution in [0.25, 0.3) is 0 Å². The second-order valence-electron chi connectivity index (χ2n) is 5.20. The SMILES string of the molecule is CC(C)(C)OC(=O)N(C[C]=O)C(=O)[C@@H]1CCCN1. The van der Waals surface area contributed by atoms with Crippen LogP contribution in [0.2, 0.25) is 0 Å². The number of nitrogens with one attached hydrogen (secondary N) is 1. The molecule has 6 nitrogen and oxygen atoms in total. The zero-order valence-corrected chi connectivity index (χ0v) is 11.0. The first kappa shape index (κ1) is 14.6. The Morgan fingerprint density at radius 1 is 1.44 bits per heavy atom. The van der Waals surface area contributed by atoms with Gasteiger partial charge in [0.25, 0.3) is 0 Å². The normalized spacial score (nSPS) is 19.4. The fourth-order valence-electron chi connectivity index (χ4n) is 1.70. The molecule has 0 aromatic carbocycles. The van der Waals surface area contributed by atoms with E-state index in [0.717, 1.165) is 17.9 Å². The Kier molecular flexibility index (Phi) is 4.84. The summed E-state index contributed by atoms with van der Waals surface area (Å²) < 4.78 is 5.09. The van der Waals surface area contributed by atoms with E-state index in [1.54, 1.807) is 27.1 Å². The molecule has 2 amide bonds. The molecule has 1 atom stereocenters. The summed E-state index contributed by atoms with van der Waals surface area (Å²) in [4.78, 5) is 35.1. The maximum Gasteiger partial charge on any atom is 0.417 e. The molecule has 0 saturated carbocycles. The largest absolute Gasteiger partial charge is 0.443 e. The third kappa shape index (κ3) is 4.10. The van der Waals surface area contributed by atoms with Crippen molar-refractivity contribution in [1.82, 2.24) is 10.2 Å². The predicted octanol–water partition coefficient (Wildman–Crippen LogP) is 0.612. The Balaban J connectivity index is 2.71. The van der Waals surface area contributed by atoms with E-state index in [1.807, 2.05) is 0 Å². The first-order chi connectivity index (χ1) is 8.35. The number of nitrogens with zero attached hydrogens (tertiary/aromatic N) is 1. The summed E-state index contributed by atoms with van der Waals surface area (Å²) in [6, 6.07) is -0.411. The number of amides is 2. The van der Waals surface area contributed by atoms with Crippen molar-refractivity contribution in [3.05, 3.63) is 0 Å². The molecule has 1 fully saturated rings. The van der Waals surface area contributed by atoms with Gasteiger partial charge in [0, 0.05) is 0 Å². The second-order valence-corrected chi connectivity index (χ2v) is 5.20. The van der Waals surface area contributed by atoms with E-state index in [2.05, 4.69) is 5.32 Å². The van der Waals surface area contributed by atoms with Crippen molar-refractivity contribution in [3.8, 4) is 0 Å². The third-order valence-electron chi connectivity index (χ3n) is 2.46. The van der Waals surface area contributed by atoms with Crippen LogP contribution in [0.5, 0.6) is 0 Å². The topological polar surface area (TPSA) is 75.7 Å². The lowest BCUT2D eigenvalue weighted by molar-refractivity contribution is -0.131. The van der Waals surface area contributed by atoms with Gasteiger partial charge in [0.1, 0.15) is 5.60 Å². The predicted molar refractivity (Wildman–Crippen MR) is 64.7 cm³/mol. The zero-order valence-electron chi connectivity index (χ0n) is 11.0. The molecule has 6 heteroatoms. The van der Waals surface area contributed by atoms with E-state index in [0.29, 0.717) is 6.42 Å². The van der Waals surface area contributed by atoms with Crippen LogP contribution in [0, 0.1) is 0 Å². The Hall–Kier alpha value is -1.43. The maximum atomic E-state index is 12.0. The minimum atomic E-state index is -0.801. The molecule has 0 bridgehead atoms. The van der Waals surface area contributed by atoms with Crippen LogP contribution < -0.4 is 5.32 Å². The lowest BCUT2D eigenvalue weighted by Crippen LogP contribution is -2.49. The van der Waals surface area contributed by atoms with Gasteiger partial charge in [-0.05, 0) is 40.2 Å². The summed E-state index contributed by atoms with van der Waals surface area (Å²) in [5.41, 5.74) is -0.707. The van der Waals surface area contributed by atoms with Crippen molar-refractivity contribution in [2.75, 3.05) is 13.1 Å². The van der Waals surface area contributed by atoms with Gasteiger partial charge in [0.05, 0.1) is 12.6 Å². The fourth-order valence-corrected chi connectivity index (χ4v) is 1.70. The number of hydrogen-bond acceptors (Lipinski definition) is 5. The molecule has 0 aromatic heterocycles. The molecule has 1 saturated heterocycles. The van der Waals surface area contributed by atoms with Gasteiger partial charge in [0.15, 0.2) is 0 Å². The van der Waals surface area contributed by atoms with E-state index in [-0.39, 0.29) is 0 Å². The summed E-state index contributed by atoms with van der Waals surface area (Å²) in [6.07, 6.45) is 2.31. The van der Waals surface area contributed by atoms with Crippen LogP contribution in [0.15, 0.2) is 0 Å². The summed E-state index contributed by atoms with van der Waals surface area (Å²) in [6.45, 7) is 5.44. The first-order valence-electron chi connectivity index (χ1n) is 5.98. The molecule has 1 aliphatic rings.